The van der Waals surface area contributed by atoms with Crippen molar-refractivity contribution in [3.8, 4) is 5.82 Å². The minimum Gasteiger partial charge on any atom is -0.336 e. The van der Waals surface area contributed by atoms with Crippen molar-refractivity contribution in [2.24, 2.45) is 0 Å². The summed E-state index contributed by atoms with van der Waals surface area (Å²) >= 11 is 0. The van der Waals surface area contributed by atoms with Crippen LogP contribution in [0.25, 0.3) is 5.82 Å². The van der Waals surface area contributed by atoms with Crippen molar-refractivity contribution in [2.45, 2.75) is 46.1 Å². The first-order valence-electron chi connectivity index (χ1n) is 7.97. The van der Waals surface area contributed by atoms with Gasteiger partial charge >= 0.3 is 0 Å². The average molecular weight is 297 g/mol. The van der Waals surface area contributed by atoms with Gasteiger partial charge in [-0.3, -0.25) is 4.79 Å². The third kappa shape index (κ3) is 2.54. The lowest BCUT2D eigenvalue weighted by Gasteiger charge is -2.36. The number of hydrogen-bond acceptors (Lipinski definition) is 2. The maximum atomic E-state index is 12.0. The van der Waals surface area contributed by atoms with Crippen molar-refractivity contribution in [1.29, 1.82) is 0 Å². The number of carbonyl (C=O) groups is 1. The van der Waals surface area contributed by atoms with Crippen LogP contribution in [0.2, 0.25) is 0 Å². The van der Waals surface area contributed by atoms with E-state index >= 15 is 0 Å². The molecule has 0 aliphatic carbocycles. The van der Waals surface area contributed by atoms with Gasteiger partial charge in [-0.05, 0) is 51.3 Å². The van der Waals surface area contributed by atoms with Gasteiger partial charge in [0.15, 0.2) is 0 Å². The van der Waals surface area contributed by atoms with Crippen LogP contribution in [0.4, 0.5) is 0 Å². The number of piperidine rings is 1. The second-order valence-corrected chi connectivity index (χ2v) is 6.09. The van der Waals surface area contributed by atoms with Crippen LogP contribution >= 0.6 is 0 Å². The molecule has 1 atom stereocenters. The van der Waals surface area contributed by atoms with Crippen molar-refractivity contribution in [3.05, 3.63) is 47.4 Å². The third-order valence-electron chi connectivity index (χ3n) is 4.57. The minimum absolute atomic E-state index is 0.135. The Morgan fingerprint density at radius 3 is 2.59 bits per heavy atom. The molecule has 0 unspecified atom stereocenters. The van der Waals surface area contributed by atoms with Crippen LogP contribution in [0.3, 0.4) is 0 Å². The molecule has 116 valence electrons. The summed E-state index contributed by atoms with van der Waals surface area (Å²) in [5.41, 5.74) is 3.49. The molecule has 1 aliphatic rings. The maximum Gasteiger partial charge on any atom is 0.219 e. The first-order chi connectivity index (χ1) is 10.6. The predicted octanol–water partition coefficient (Wildman–Crippen LogP) is 3.56. The molecule has 0 radical (unpaired) electrons. The summed E-state index contributed by atoms with van der Waals surface area (Å²) in [7, 11) is 0. The van der Waals surface area contributed by atoms with Crippen molar-refractivity contribution in [1.82, 2.24) is 14.5 Å². The molecule has 3 rings (SSSR count). The van der Waals surface area contributed by atoms with Gasteiger partial charge in [-0.15, -0.1) is 0 Å². The number of hydrogen-bond donors (Lipinski definition) is 0. The Balaban J connectivity index is 2.10. The molecule has 4 heteroatoms. The highest BCUT2D eigenvalue weighted by atomic mass is 16.2. The van der Waals surface area contributed by atoms with Gasteiger partial charge in [0.2, 0.25) is 5.91 Å². The van der Waals surface area contributed by atoms with Crippen molar-refractivity contribution in [3.63, 3.8) is 0 Å². The van der Waals surface area contributed by atoms with Crippen LogP contribution in [0.5, 0.6) is 0 Å². The van der Waals surface area contributed by atoms with Gasteiger partial charge in [-0.2, -0.15) is 0 Å². The molecule has 1 fully saturated rings. The van der Waals surface area contributed by atoms with E-state index in [1.165, 1.54) is 11.4 Å². The molecule has 3 heterocycles. The average Bonchev–Trinajstić information content (AvgIpc) is 2.86. The Hall–Kier alpha value is -2.10. The molecular formula is C18H23N3O. The van der Waals surface area contributed by atoms with Crippen LogP contribution in [0.1, 0.15) is 49.2 Å². The van der Waals surface area contributed by atoms with E-state index in [1.807, 2.05) is 17.2 Å². The van der Waals surface area contributed by atoms with Crippen LogP contribution in [0, 0.1) is 13.8 Å². The Morgan fingerprint density at radius 2 is 1.91 bits per heavy atom. The predicted molar refractivity (Wildman–Crippen MR) is 87.0 cm³/mol. The highest BCUT2D eigenvalue weighted by Gasteiger charge is 2.28. The summed E-state index contributed by atoms with van der Waals surface area (Å²) in [6.07, 6.45) is 5.09. The van der Waals surface area contributed by atoms with Crippen LogP contribution < -0.4 is 0 Å². The van der Waals surface area contributed by atoms with Crippen molar-refractivity contribution < 1.29 is 4.79 Å². The summed E-state index contributed by atoms with van der Waals surface area (Å²) in [4.78, 5) is 18.6. The van der Waals surface area contributed by atoms with Gasteiger partial charge < -0.3 is 9.47 Å². The second-order valence-electron chi connectivity index (χ2n) is 6.09. The van der Waals surface area contributed by atoms with E-state index < -0.39 is 0 Å². The zero-order valence-electron chi connectivity index (χ0n) is 13.5. The fraction of sp³-hybridized carbons (Fsp3) is 0.444. The van der Waals surface area contributed by atoms with Gasteiger partial charge in [-0.1, -0.05) is 6.07 Å². The highest BCUT2D eigenvalue weighted by Crippen LogP contribution is 2.34. The summed E-state index contributed by atoms with van der Waals surface area (Å²) in [5, 5.41) is 0. The standard InChI is InChI=1S/C18H23N3O/c1-13-9-10-14(2)21(13)18-16(7-6-11-19-18)17-8-4-5-12-20(17)15(3)22/h6-7,9-11,17H,4-5,8,12H2,1-3H3/t17-/m0/s1. The van der Waals surface area contributed by atoms with Crippen LogP contribution in [-0.2, 0) is 4.79 Å². The molecule has 0 bridgehead atoms. The number of amides is 1. The maximum absolute atomic E-state index is 12.0. The van der Waals surface area contributed by atoms with Gasteiger partial charge in [-0.25, -0.2) is 4.98 Å². The lowest BCUT2D eigenvalue weighted by atomic mass is 9.95. The van der Waals surface area contributed by atoms with E-state index in [9.17, 15) is 4.79 Å². The van der Waals surface area contributed by atoms with Crippen molar-refractivity contribution in [2.75, 3.05) is 6.54 Å². The summed E-state index contributed by atoms with van der Waals surface area (Å²) in [5.74, 6) is 1.11. The minimum atomic E-state index is 0.135. The Bertz CT molecular complexity index is 670. The normalized spacial score (nSPS) is 18.5. The molecule has 1 saturated heterocycles. The lowest BCUT2D eigenvalue weighted by Crippen LogP contribution is -2.37. The van der Waals surface area contributed by atoms with Crippen LogP contribution in [-0.4, -0.2) is 26.9 Å². The molecule has 2 aromatic rings. The number of rotatable bonds is 2. The zero-order valence-corrected chi connectivity index (χ0v) is 13.5. The lowest BCUT2D eigenvalue weighted by molar-refractivity contribution is -0.132. The van der Waals surface area contributed by atoms with E-state index in [1.54, 1.807) is 6.92 Å². The Morgan fingerprint density at radius 1 is 1.18 bits per heavy atom. The molecule has 1 amide bonds. The topological polar surface area (TPSA) is 38.1 Å². The van der Waals surface area contributed by atoms with E-state index in [2.05, 4.69) is 41.6 Å². The number of aryl methyl sites for hydroxylation is 2. The largest absolute Gasteiger partial charge is 0.336 e. The van der Waals surface area contributed by atoms with Gasteiger partial charge in [0, 0.05) is 36.6 Å². The number of aromatic nitrogens is 2. The summed E-state index contributed by atoms with van der Waals surface area (Å²) in [6, 6.07) is 8.44. The molecule has 4 nitrogen and oxygen atoms in total. The molecule has 22 heavy (non-hydrogen) atoms. The third-order valence-corrected chi connectivity index (χ3v) is 4.57. The molecule has 0 saturated carbocycles. The smallest absolute Gasteiger partial charge is 0.219 e. The van der Waals surface area contributed by atoms with E-state index in [0.29, 0.717) is 0 Å². The fourth-order valence-corrected chi connectivity index (χ4v) is 3.49. The molecule has 0 spiro atoms. The van der Waals surface area contributed by atoms with E-state index in [-0.39, 0.29) is 11.9 Å². The number of carbonyl (C=O) groups excluding carboxylic acids is 1. The molecule has 2 aromatic heterocycles. The van der Waals surface area contributed by atoms with Gasteiger partial charge in [0.1, 0.15) is 5.82 Å². The molecule has 0 N–H and O–H groups in total. The second kappa shape index (κ2) is 5.95. The Labute approximate surface area is 131 Å². The van der Waals surface area contributed by atoms with E-state index in [0.717, 1.165) is 37.2 Å². The monoisotopic (exact) mass is 297 g/mol. The zero-order chi connectivity index (χ0) is 15.7. The summed E-state index contributed by atoms with van der Waals surface area (Å²) in [6.45, 7) is 6.70. The van der Waals surface area contributed by atoms with Gasteiger partial charge in [0.05, 0.1) is 6.04 Å². The number of likely N-dealkylation sites (tertiary alicyclic amines) is 1. The highest BCUT2D eigenvalue weighted by molar-refractivity contribution is 5.74. The first kappa shape index (κ1) is 14.8. The fourth-order valence-electron chi connectivity index (χ4n) is 3.49. The van der Waals surface area contributed by atoms with Crippen molar-refractivity contribution >= 4 is 5.91 Å². The first-order valence-corrected chi connectivity index (χ1v) is 7.97. The summed E-state index contributed by atoms with van der Waals surface area (Å²) < 4.78 is 2.18. The SMILES string of the molecule is CC(=O)N1CCCC[C@H]1c1cccnc1-n1c(C)ccc1C. The van der Waals surface area contributed by atoms with Gasteiger partial charge in [0.25, 0.3) is 0 Å². The Kier molecular flexibility index (Phi) is 4.01. The quantitative estimate of drug-likeness (QED) is 0.850. The number of nitrogens with zero attached hydrogens (tertiary/aromatic N) is 3. The molecular weight excluding hydrogens is 274 g/mol. The van der Waals surface area contributed by atoms with Crippen LogP contribution in [0.15, 0.2) is 30.5 Å². The molecule has 0 aromatic carbocycles. The molecule has 1 aliphatic heterocycles. The van der Waals surface area contributed by atoms with E-state index in [4.69, 9.17) is 0 Å². The number of pyridine rings is 1.